The molecule has 9 nitrogen and oxygen atoms in total. The van der Waals surface area contributed by atoms with Gasteiger partial charge in [0.15, 0.2) is 0 Å². The van der Waals surface area contributed by atoms with Gasteiger partial charge < -0.3 is 15.0 Å². The van der Waals surface area contributed by atoms with Crippen molar-refractivity contribution in [1.29, 1.82) is 0 Å². The Morgan fingerprint density at radius 2 is 1.90 bits per heavy atom. The van der Waals surface area contributed by atoms with Crippen LogP contribution in [0.2, 0.25) is 0 Å². The zero-order valence-corrected chi connectivity index (χ0v) is 18.4. The third-order valence-corrected chi connectivity index (χ3v) is 4.76. The molecule has 0 bridgehead atoms. The van der Waals surface area contributed by atoms with Gasteiger partial charge in [-0.15, -0.1) is 5.10 Å². The molecule has 1 aromatic heterocycles. The summed E-state index contributed by atoms with van der Waals surface area (Å²) in [7, 11) is 1.33. The molecule has 1 atom stereocenters. The molecular formula is C20H37N5O4. The van der Waals surface area contributed by atoms with Gasteiger partial charge in [-0.25, -0.2) is 0 Å². The van der Waals surface area contributed by atoms with Crippen molar-refractivity contribution in [3.63, 3.8) is 0 Å². The van der Waals surface area contributed by atoms with Crippen LogP contribution in [0.5, 0.6) is 5.88 Å². The molecule has 0 fully saturated rings. The van der Waals surface area contributed by atoms with Crippen molar-refractivity contribution >= 4 is 11.6 Å². The third kappa shape index (κ3) is 9.74. The number of carbonyl (C=O) groups excluding carboxylic acids is 1. The minimum atomic E-state index is -0.545. The lowest BCUT2D eigenvalue weighted by Gasteiger charge is -2.26. The van der Waals surface area contributed by atoms with Crippen molar-refractivity contribution in [3.05, 3.63) is 16.3 Å². The van der Waals surface area contributed by atoms with Crippen LogP contribution in [0.1, 0.15) is 65.7 Å². The number of ether oxygens (including phenoxy) is 1. The minimum absolute atomic E-state index is 0.0430. The highest BCUT2D eigenvalue weighted by molar-refractivity contribution is 5.76. The molecule has 0 radical (unpaired) electrons. The second-order valence-corrected chi connectivity index (χ2v) is 7.48. The summed E-state index contributed by atoms with van der Waals surface area (Å²) in [4.78, 5) is 25.1. The van der Waals surface area contributed by atoms with E-state index in [1.807, 2.05) is 6.92 Å². The van der Waals surface area contributed by atoms with Crippen LogP contribution in [0.3, 0.4) is 0 Å². The Bertz CT molecular complexity index is 610. The van der Waals surface area contributed by atoms with Gasteiger partial charge >= 0.3 is 11.6 Å². The Morgan fingerprint density at radius 1 is 1.28 bits per heavy atom. The van der Waals surface area contributed by atoms with E-state index in [9.17, 15) is 14.9 Å². The zero-order chi connectivity index (χ0) is 21.6. The molecule has 1 aromatic rings. The maximum Gasteiger partial charge on any atom is 0.350 e. The maximum absolute atomic E-state index is 12.3. The van der Waals surface area contributed by atoms with Gasteiger partial charge in [0, 0.05) is 19.0 Å². The number of rotatable bonds is 16. The predicted molar refractivity (Wildman–Crippen MR) is 113 cm³/mol. The van der Waals surface area contributed by atoms with Crippen LogP contribution < -0.4 is 10.1 Å². The topological polar surface area (TPSA) is 103 Å². The largest absolute Gasteiger partial charge is 0.475 e. The van der Waals surface area contributed by atoms with E-state index in [1.54, 1.807) is 0 Å². The van der Waals surface area contributed by atoms with Crippen LogP contribution >= 0.6 is 0 Å². The highest BCUT2D eigenvalue weighted by Crippen LogP contribution is 2.23. The van der Waals surface area contributed by atoms with Crippen molar-refractivity contribution in [2.75, 3.05) is 26.7 Å². The number of amides is 1. The smallest absolute Gasteiger partial charge is 0.350 e. The number of carbonyl (C=O) groups is 1. The van der Waals surface area contributed by atoms with Crippen LogP contribution in [-0.4, -0.2) is 58.3 Å². The van der Waals surface area contributed by atoms with E-state index in [0.717, 1.165) is 19.6 Å². The van der Waals surface area contributed by atoms with Gasteiger partial charge in [-0.3, -0.25) is 19.6 Å². The monoisotopic (exact) mass is 411 g/mol. The highest BCUT2D eigenvalue weighted by atomic mass is 16.6. The minimum Gasteiger partial charge on any atom is -0.475 e. The SMILES string of the molecule is CCCCCN(CCCCC)CC(C)NC(=O)CCn1cc([N+](=O)[O-])c(OC)n1. The number of nitrogens with zero attached hydrogens (tertiary/aromatic N) is 4. The fraction of sp³-hybridized carbons (Fsp3) is 0.800. The van der Waals surface area contributed by atoms with E-state index in [4.69, 9.17) is 4.74 Å². The lowest BCUT2D eigenvalue weighted by molar-refractivity contribution is -0.385. The van der Waals surface area contributed by atoms with Gasteiger partial charge in [0.1, 0.15) is 6.20 Å². The summed E-state index contributed by atoms with van der Waals surface area (Å²) in [5, 5.41) is 18.0. The maximum atomic E-state index is 12.3. The summed E-state index contributed by atoms with van der Waals surface area (Å²) in [5.41, 5.74) is -0.198. The van der Waals surface area contributed by atoms with Gasteiger partial charge in [-0.1, -0.05) is 39.5 Å². The summed E-state index contributed by atoms with van der Waals surface area (Å²) in [6, 6.07) is 0.0484. The Hall–Kier alpha value is -2.16. The first-order chi connectivity index (χ1) is 13.9. The van der Waals surface area contributed by atoms with Gasteiger partial charge in [0.25, 0.3) is 0 Å². The molecule has 0 aliphatic carbocycles. The molecule has 1 rings (SSSR count). The first-order valence-electron chi connectivity index (χ1n) is 10.7. The van der Waals surface area contributed by atoms with Crippen LogP contribution in [0, 0.1) is 10.1 Å². The highest BCUT2D eigenvalue weighted by Gasteiger charge is 2.20. The summed E-state index contributed by atoms with van der Waals surface area (Å²) in [6.45, 7) is 9.65. The van der Waals surface area contributed by atoms with Crippen molar-refractivity contribution in [3.8, 4) is 5.88 Å². The van der Waals surface area contributed by atoms with E-state index >= 15 is 0 Å². The molecule has 0 spiro atoms. The van der Waals surface area contributed by atoms with Gasteiger partial charge in [0.05, 0.1) is 18.6 Å². The number of aryl methyl sites for hydroxylation is 1. The lowest BCUT2D eigenvalue weighted by atomic mass is 10.2. The number of nitro groups is 1. The number of nitrogens with one attached hydrogen (secondary N) is 1. The average Bonchev–Trinajstić information content (AvgIpc) is 3.10. The molecular weight excluding hydrogens is 374 g/mol. The predicted octanol–water partition coefficient (Wildman–Crippen LogP) is 3.38. The Morgan fingerprint density at radius 3 is 2.38 bits per heavy atom. The van der Waals surface area contributed by atoms with Crippen molar-refractivity contribution in [2.45, 2.75) is 78.3 Å². The molecule has 0 aromatic carbocycles. The molecule has 0 aliphatic rings. The number of hydrogen-bond donors (Lipinski definition) is 1. The van der Waals surface area contributed by atoms with Crippen LogP contribution in [0.4, 0.5) is 5.69 Å². The van der Waals surface area contributed by atoms with Gasteiger partial charge in [-0.05, 0) is 32.9 Å². The van der Waals surface area contributed by atoms with Crippen LogP contribution in [0.15, 0.2) is 6.20 Å². The molecule has 1 amide bonds. The first kappa shape index (κ1) is 24.9. The first-order valence-corrected chi connectivity index (χ1v) is 10.7. The molecule has 1 heterocycles. The molecule has 0 saturated heterocycles. The Labute approximate surface area is 173 Å². The third-order valence-electron chi connectivity index (χ3n) is 4.76. The Kier molecular flexibility index (Phi) is 11.9. The van der Waals surface area contributed by atoms with Crippen molar-refractivity contribution < 1.29 is 14.5 Å². The van der Waals surface area contributed by atoms with Crippen molar-refractivity contribution in [2.24, 2.45) is 0 Å². The number of aromatic nitrogens is 2. The van der Waals surface area contributed by atoms with Gasteiger partial charge in [-0.2, -0.15) is 0 Å². The molecule has 9 heteroatoms. The summed E-state index contributed by atoms with van der Waals surface area (Å²) in [6.07, 6.45) is 8.72. The summed E-state index contributed by atoms with van der Waals surface area (Å²) >= 11 is 0. The van der Waals surface area contributed by atoms with E-state index < -0.39 is 4.92 Å². The van der Waals surface area contributed by atoms with E-state index in [2.05, 4.69) is 29.2 Å². The summed E-state index contributed by atoms with van der Waals surface area (Å²) in [5.74, 6) is -0.129. The molecule has 0 aliphatic heterocycles. The second kappa shape index (κ2) is 13.9. The second-order valence-electron chi connectivity index (χ2n) is 7.48. The molecule has 29 heavy (non-hydrogen) atoms. The molecule has 0 saturated carbocycles. The number of hydrogen-bond acceptors (Lipinski definition) is 6. The number of methoxy groups -OCH3 is 1. The summed E-state index contributed by atoms with van der Waals surface area (Å²) < 4.78 is 6.28. The fourth-order valence-electron chi connectivity index (χ4n) is 3.24. The standard InChI is InChI=1S/C20H37N5O4/c1-5-7-9-12-23(13-10-8-6-2)15-17(3)21-19(26)11-14-24-16-18(25(27)28)20(22-24)29-4/h16-17H,5-15H2,1-4H3,(H,21,26). The van der Waals surface area contributed by atoms with E-state index in [1.165, 1.54) is 56.5 Å². The van der Waals surface area contributed by atoms with E-state index in [-0.39, 0.29) is 36.5 Å². The van der Waals surface area contributed by atoms with Crippen LogP contribution in [-0.2, 0) is 11.3 Å². The molecule has 166 valence electrons. The molecule has 1 N–H and O–H groups in total. The average molecular weight is 412 g/mol. The fourth-order valence-corrected chi connectivity index (χ4v) is 3.24. The van der Waals surface area contributed by atoms with E-state index in [0.29, 0.717) is 0 Å². The number of unbranched alkanes of at least 4 members (excludes halogenated alkanes) is 4. The van der Waals surface area contributed by atoms with Gasteiger partial charge in [0.2, 0.25) is 5.91 Å². The normalized spacial score (nSPS) is 12.2. The zero-order valence-electron chi connectivity index (χ0n) is 18.4. The van der Waals surface area contributed by atoms with Crippen LogP contribution in [0.25, 0.3) is 0 Å². The quantitative estimate of drug-likeness (QED) is 0.254. The lowest BCUT2D eigenvalue weighted by Crippen LogP contribution is -2.42. The Balaban J connectivity index is 2.47. The molecule has 1 unspecified atom stereocenters. The van der Waals surface area contributed by atoms with Crippen molar-refractivity contribution in [1.82, 2.24) is 20.0 Å².